The Labute approximate surface area is 201 Å². The Morgan fingerprint density at radius 2 is 0.676 bits per heavy atom. The molecule has 4 atom stereocenters. The van der Waals surface area contributed by atoms with Gasteiger partial charge in [0.25, 0.3) is 0 Å². The molecule has 0 N–H and O–H groups in total. The topological polar surface area (TPSA) is 31.0 Å². The van der Waals surface area contributed by atoms with Gasteiger partial charge in [0.05, 0.1) is 0 Å². The summed E-state index contributed by atoms with van der Waals surface area (Å²) < 4.78 is 17.8. The fourth-order valence-corrected chi connectivity index (χ4v) is 4.44. The van der Waals surface area contributed by atoms with Crippen LogP contribution >= 0.6 is 0 Å². The molecule has 2 saturated heterocycles. The van der Waals surface area contributed by atoms with Gasteiger partial charge in [0.2, 0.25) is 0 Å². The molecule has 6 rings (SSSR count). The number of hydrogen-bond donors (Lipinski definition) is 0. The second-order valence-corrected chi connectivity index (χ2v) is 9.10. The standard InChI is InChI=1S/C17H18O2.C14H12O/c1-17(2)18-15(13-9-5-3-6-10-13)16(19-17)14-11-7-4-8-12-14;1-3-7-11(8-4-1)13-14(15-13)12-9-5-2-6-10-12/h3-12,15-16H,1-2H3;1-10,13-14H/t15-,16-;13-,14-/m00/s1. The molecule has 0 unspecified atom stereocenters. The van der Waals surface area contributed by atoms with E-state index in [4.69, 9.17) is 14.2 Å². The van der Waals surface area contributed by atoms with Gasteiger partial charge in [-0.3, -0.25) is 0 Å². The highest BCUT2D eigenvalue weighted by Gasteiger charge is 2.43. The highest BCUT2D eigenvalue weighted by atomic mass is 16.7. The molecule has 2 aliphatic heterocycles. The van der Waals surface area contributed by atoms with Gasteiger partial charge >= 0.3 is 0 Å². The molecule has 0 spiro atoms. The van der Waals surface area contributed by atoms with Gasteiger partial charge in [0, 0.05) is 0 Å². The molecular weight excluding hydrogens is 420 g/mol. The van der Waals surface area contributed by atoms with Crippen molar-refractivity contribution in [1.82, 2.24) is 0 Å². The first-order valence-corrected chi connectivity index (χ1v) is 11.8. The Hall–Kier alpha value is -3.24. The van der Waals surface area contributed by atoms with Crippen LogP contribution in [0, 0.1) is 0 Å². The minimum atomic E-state index is -0.555. The van der Waals surface area contributed by atoms with Crippen molar-refractivity contribution in [3.8, 4) is 0 Å². The van der Waals surface area contributed by atoms with Crippen molar-refractivity contribution in [3.63, 3.8) is 0 Å². The van der Waals surface area contributed by atoms with Crippen molar-refractivity contribution in [2.45, 2.75) is 44.1 Å². The SMILES string of the molecule is CC1(C)O[C@@H](c2ccccc2)[C@H](c2ccccc2)O1.c1ccc([C@@H]2O[C@H]2c2ccccc2)cc1. The summed E-state index contributed by atoms with van der Waals surface area (Å²) in [6.07, 6.45) is 0.402. The summed E-state index contributed by atoms with van der Waals surface area (Å²) in [6.45, 7) is 3.93. The molecular formula is C31H30O3. The van der Waals surface area contributed by atoms with Crippen molar-refractivity contribution in [1.29, 1.82) is 0 Å². The molecule has 0 saturated carbocycles. The fourth-order valence-electron chi connectivity index (χ4n) is 4.44. The third-order valence-electron chi connectivity index (χ3n) is 6.10. The maximum atomic E-state index is 6.08. The van der Waals surface area contributed by atoms with Crippen LogP contribution in [0.5, 0.6) is 0 Å². The average molecular weight is 451 g/mol. The second-order valence-electron chi connectivity index (χ2n) is 9.10. The molecule has 172 valence electrons. The molecule has 4 aromatic carbocycles. The van der Waals surface area contributed by atoms with Gasteiger partial charge in [-0.15, -0.1) is 0 Å². The third-order valence-corrected chi connectivity index (χ3v) is 6.10. The lowest BCUT2D eigenvalue weighted by Crippen LogP contribution is -2.20. The number of ether oxygens (including phenoxy) is 3. The lowest BCUT2D eigenvalue weighted by atomic mass is 9.99. The predicted molar refractivity (Wildman–Crippen MR) is 134 cm³/mol. The first-order chi connectivity index (χ1) is 16.6. The number of hydrogen-bond acceptors (Lipinski definition) is 3. The summed E-state index contributed by atoms with van der Waals surface area (Å²) in [7, 11) is 0. The fraction of sp³-hybridized carbons (Fsp3) is 0.226. The van der Waals surface area contributed by atoms with E-state index < -0.39 is 5.79 Å². The minimum absolute atomic E-state index is 0.0569. The van der Waals surface area contributed by atoms with E-state index in [9.17, 15) is 0 Å². The average Bonchev–Trinajstić information content (AvgIpc) is 3.63. The molecule has 2 aliphatic rings. The molecule has 3 heteroatoms. The molecule has 34 heavy (non-hydrogen) atoms. The maximum Gasteiger partial charge on any atom is 0.164 e. The summed E-state index contributed by atoms with van der Waals surface area (Å²) in [5, 5.41) is 0. The van der Waals surface area contributed by atoms with Crippen molar-refractivity contribution >= 4 is 0 Å². The van der Waals surface area contributed by atoms with Gasteiger partial charge in [0.15, 0.2) is 5.79 Å². The molecule has 0 radical (unpaired) electrons. The Balaban J connectivity index is 0.000000145. The van der Waals surface area contributed by atoms with Gasteiger partial charge in [0.1, 0.15) is 24.4 Å². The molecule has 3 nitrogen and oxygen atoms in total. The van der Waals surface area contributed by atoms with Gasteiger partial charge < -0.3 is 14.2 Å². The van der Waals surface area contributed by atoms with Crippen LogP contribution in [-0.4, -0.2) is 5.79 Å². The summed E-state index contributed by atoms with van der Waals surface area (Å²) in [5.74, 6) is -0.555. The first kappa shape index (κ1) is 22.5. The molecule has 2 heterocycles. The minimum Gasteiger partial charge on any atom is -0.359 e. The Bertz CT molecular complexity index is 1070. The molecule has 2 fully saturated rings. The molecule has 4 aromatic rings. The Morgan fingerprint density at radius 3 is 0.971 bits per heavy atom. The third kappa shape index (κ3) is 5.28. The molecule has 0 amide bonds. The summed E-state index contributed by atoms with van der Waals surface area (Å²) in [6, 6.07) is 41.3. The van der Waals surface area contributed by atoms with Crippen LogP contribution in [0.25, 0.3) is 0 Å². The number of rotatable bonds is 4. The van der Waals surface area contributed by atoms with Crippen LogP contribution in [0.4, 0.5) is 0 Å². The van der Waals surface area contributed by atoms with Crippen molar-refractivity contribution in [3.05, 3.63) is 144 Å². The zero-order chi connectivity index (χ0) is 23.4. The quantitative estimate of drug-likeness (QED) is 0.298. The molecule has 0 aromatic heterocycles. The van der Waals surface area contributed by atoms with Gasteiger partial charge in [-0.1, -0.05) is 121 Å². The van der Waals surface area contributed by atoms with E-state index in [2.05, 4.69) is 72.8 Å². The Morgan fingerprint density at radius 1 is 0.412 bits per heavy atom. The van der Waals surface area contributed by atoms with Crippen molar-refractivity contribution < 1.29 is 14.2 Å². The van der Waals surface area contributed by atoms with Gasteiger partial charge in [-0.05, 0) is 36.1 Å². The zero-order valence-electron chi connectivity index (χ0n) is 19.6. The van der Waals surface area contributed by atoms with Crippen LogP contribution in [0.15, 0.2) is 121 Å². The van der Waals surface area contributed by atoms with Crippen LogP contribution in [0.3, 0.4) is 0 Å². The van der Waals surface area contributed by atoms with Crippen LogP contribution in [-0.2, 0) is 14.2 Å². The highest BCUT2D eigenvalue weighted by Crippen LogP contribution is 2.50. The van der Waals surface area contributed by atoms with Crippen LogP contribution in [0.1, 0.15) is 60.5 Å². The van der Waals surface area contributed by atoms with Crippen LogP contribution in [0.2, 0.25) is 0 Å². The number of epoxide rings is 1. The molecule has 0 aliphatic carbocycles. The van der Waals surface area contributed by atoms with Crippen molar-refractivity contribution in [2.75, 3.05) is 0 Å². The van der Waals surface area contributed by atoms with E-state index in [1.54, 1.807) is 0 Å². The lowest BCUT2D eigenvalue weighted by molar-refractivity contribution is -0.147. The van der Waals surface area contributed by atoms with E-state index in [1.165, 1.54) is 11.1 Å². The Kier molecular flexibility index (Phi) is 6.59. The second kappa shape index (κ2) is 9.94. The lowest BCUT2D eigenvalue weighted by Gasteiger charge is -2.17. The molecule has 0 bridgehead atoms. The number of benzene rings is 4. The van der Waals surface area contributed by atoms with Crippen LogP contribution < -0.4 is 0 Å². The smallest absolute Gasteiger partial charge is 0.164 e. The van der Waals surface area contributed by atoms with E-state index in [0.29, 0.717) is 0 Å². The van der Waals surface area contributed by atoms with E-state index in [1.807, 2.05) is 62.4 Å². The monoisotopic (exact) mass is 450 g/mol. The highest BCUT2D eigenvalue weighted by molar-refractivity contribution is 5.30. The normalized spacial score (nSPS) is 24.6. The predicted octanol–water partition coefficient (Wildman–Crippen LogP) is 7.75. The van der Waals surface area contributed by atoms with Gasteiger partial charge in [-0.2, -0.15) is 0 Å². The van der Waals surface area contributed by atoms with Gasteiger partial charge in [-0.25, -0.2) is 0 Å². The first-order valence-electron chi connectivity index (χ1n) is 11.8. The van der Waals surface area contributed by atoms with E-state index in [-0.39, 0.29) is 24.4 Å². The van der Waals surface area contributed by atoms with E-state index in [0.717, 1.165) is 11.1 Å². The van der Waals surface area contributed by atoms with E-state index >= 15 is 0 Å². The summed E-state index contributed by atoms with van der Waals surface area (Å²) >= 11 is 0. The maximum absolute atomic E-state index is 6.08. The van der Waals surface area contributed by atoms with Crippen molar-refractivity contribution in [2.24, 2.45) is 0 Å². The largest absolute Gasteiger partial charge is 0.359 e. The zero-order valence-corrected chi connectivity index (χ0v) is 19.6. The summed E-state index contributed by atoms with van der Waals surface area (Å²) in [5.41, 5.74) is 4.85. The summed E-state index contributed by atoms with van der Waals surface area (Å²) in [4.78, 5) is 0.